The predicted octanol–water partition coefficient (Wildman–Crippen LogP) is 2.98. The molecular formula is C11H22O. The summed E-state index contributed by atoms with van der Waals surface area (Å²) in [5.74, 6) is 0.860. The highest BCUT2D eigenvalue weighted by atomic mass is 16.2. The summed E-state index contributed by atoms with van der Waals surface area (Å²) < 4.78 is 0. The SMILES string of the molecule is CC1(C)CCCCC1CCCO. The van der Waals surface area contributed by atoms with Crippen LogP contribution in [0.25, 0.3) is 0 Å². The summed E-state index contributed by atoms with van der Waals surface area (Å²) in [4.78, 5) is 0. The number of hydrogen-bond donors (Lipinski definition) is 1. The minimum atomic E-state index is 0.368. The third kappa shape index (κ3) is 2.48. The van der Waals surface area contributed by atoms with E-state index in [1.807, 2.05) is 0 Å². The molecule has 1 saturated carbocycles. The average Bonchev–Trinajstić information content (AvgIpc) is 2.02. The minimum absolute atomic E-state index is 0.368. The summed E-state index contributed by atoms with van der Waals surface area (Å²) in [6.07, 6.45) is 7.79. The molecule has 0 aromatic heterocycles. The Morgan fingerprint density at radius 1 is 1.33 bits per heavy atom. The zero-order chi connectivity index (χ0) is 9.03. The van der Waals surface area contributed by atoms with E-state index in [4.69, 9.17) is 5.11 Å². The van der Waals surface area contributed by atoms with Crippen LogP contribution in [0.5, 0.6) is 0 Å². The van der Waals surface area contributed by atoms with Gasteiger partial charge in [0, 0.05) is 6.61 Å². The molecule has 1 rings (SSSR count). The molecule has 1 heteroatoms. The van der Waals surface area contributed by atoms with Crippen molar-refractivity contribution in [1.82, 2.24) is 0 Å². The van der Waals surface area contributed by atoms with Gasteiger partial charge < -0.3 is 5.11 Å². The molecule has 0 aromatic carbocycles. The van der Waals surface area contributed by atoms with E-state index in [0.29, 0.717) is 12.0 Å². The van der Waals surface area contributed by atoms with E-state index in [9.17, 15) is 0 Å². The molecule has 0 heterocycles. The Morgan fingerprint density at radius 3 is 2.67 bits per heavy atom. The molecular weight excluding hydrogens is 148 g/mol. The molecule has 1 N–H and O–H groups in total. The summed E-state index contributed by atoms with van der Waals surface area (Å²) in [5.41, 5.74) is 0.535. The third-order valence-electron chi connectivity index (χ3n) is 3.44. The monoisotopic (exact) mass is 170 g/mol. The predicted molar refractivity (Wildman–Crippen MR) is 52.1 cm³/mol. The highest BCUT2D eigenvalue weighted by molar-refractivity contribution is 4.82. The fraction of sp³-hybridized carbons (Fsp3) is 1.00. The second-order valence-corrected chi connectivity index (χ2v) is 4.80. The maximum absolute atomic E-state index is 8.77. The molecule has 0 amide bonds. The molecule has 1 unspecified atom stereocenters. The van der Waals surface area contributed by atoms with Crippen molar-refractivity contribution >= 4 is 0 Å². The van der Waals surface area contributed by atoms with Gasteiger partial charge in [-0.15, -0.1) is 0 Å². The quantitative estimate of drug-likeness (QED) is 0.690. The molecule has 72 valence electrons. The van der Waals surface area contributed by atoms with Crippen molar-refractivity contribution < 1.29 is 5.11 Å². The molecule has 1 atom stereocenters. The Kier molecular flexibility index (Phi) is 3.57. The van der Waals surface area contributed by atoms with Crippen molar-refractivity contribution in [2.24, 2.45) is 11.3 Å². The molecule has 0 saturated heterocycles. The molecule has 0 aromatic rings. The summed E-state index contributed by atoms with van der Waals surface area (Å²) in [6.45, 7) is 5.13. The Labute approximate surface area is 76.2 Å². The number of hydrogen-bond acceptors (Lipinski definition) is 1. The van der Waals surface area contributed by atoms with Crippen LogP contribution < -0.4 is 0 Å². The fourth-order valence-corrected chi connectivity index (χ4v) is 2.44. The van der Waals surface area contributed by atoms with Gasteiger partial charge in [-0.05, 0) is 37.0 Å². The van der Waals surface area contributed by atoms with Crippen molar-refractivity contribution in [2.45, 2.75) is 52.4 Å². The van der Waals surface area contributed by atoms with Crippen LogP contribution in [0, 0.1) is 11.3 Å². The first-order chi connectivity index (χ1) is 5.67. The fourth-order valence-electron chi connectivity index (χ4n) is 2.44. The molecule has 0 radical (unpaired) electrons. The van der Waals surface area contributed by atoms with E-state index < -0.39 is 0 Å². The largest absolute Gasteiger partial charge is 0.396 e. The van der Waals surface area contributed by atoms with Crippen molar-refractivity contribution in [3.63, 3.8) is 0 Å². The van der Waals surface area contributed by atoms with Gasteiger partial charge in [0.25, 0.3) is 0 Å². The molecule has 0 bridgehead atoms. The van der Waals surface area contributed by atoms with E-state index in [1.165, 1.54) is 32.1 Å². The first-order valence-electron chi connectivity index (χ1n) is 5.27. The lowest BCUT2D eigenvalue weighted by Gasteiger charge is -2.38. The van der Waals surface area contributed by atoms with Crippen molar-refractivity contribution in [3.05, 3.63) is 0 Å². The molecule has 1 aliphatic carbocycles. The summed E-state index contributed by atoms with van der Waals surface area (Å²) in [6, 6.07) is 0. The Bertz CT molecular complexity index is 129. The Balaban J connectivity index is 2.37. The smallest absolute Gasteiger partial charge is 0.0431 e. The number of aliphatic hydroxyl groups excluding tert-OH is 1. The van der Waals surface area contributed by atoms with E-state index in [-0.39, 0.29) is 0 Å². The van der Waals surface area contributed by atoms with Gasteiger partial charge >= 0.3 is 0 Å². The highest BCUT2D eigenvalue weighted by Gasteiger charge is 2.31. The summed E-state index contributed by atoms with van der Waals surface area (Å²) in [5, 5.41) is 8.77. The zero-order valence-electron chi connectivity index (χ0n) is 8.47. The maximum Gasteiger partial charge on any atom is 0.0431 e. The van der Waals surface area contributed by atoms with Gasteiger partial charge in [0.05, 0.1) is 0 Å². The second kappa shape index (κ2) is 4.27. The van der Waals surface area contributed by atoms with Crippen LogP contribution in [-0.4, -0.2) is 11.7 Å². The first kappa shape index (κ1) is 10.0. The second-order valence-electron chi connectivity index (χ2n) is 4.80. The molecule has 0 spiro atoms. The minimum Gasteiger partial charge on any atom is -0.396 e. The lowest BCUT2D eigenvalue weighted by Crippen LogP contribution is -2.27. The highest BCUT2D eigenvalue weighted by Crippen LogP contribution is 2.42. The van der Waals surface area contributed by atoms with Gasteiger partial charge in [0.15, 0.2) is 0 Å². The molecule has 1 aliphatic rings. The standard InChI is InChI=1S/C11H22O/c1-11(2)8-4-3-6-10(11)7-5-9-12/h10,12H,3-9H2,1-2H3. The van der Waals surface area contributed by atoms with Crippen LogP contribution in [-0.2, 0) is 0 Å². The number of aliphatic hydroxyl groups is 1. The van der Waals surface area contributed by atoms with Gasteiger partial charge in [0.1, 0.15) is 0 Å². The van der Waals surface area contributed by atoms with Crippen molar-refractivity contribution in [1.29, 1.82) is 0 Å². The number of rotatable bonds is 3. The lowest BCUT2D eigenvalue weighted by molar-refractivity contribution is 0.119. The lowest BCUT2D eigenvalue weighted by atomic mass is 9.67. The van der Waals surface area contributed by atoms with Gasteiger partial charge in [-0.3, -0.25) is 0 Å². The van der Waals surface area contributed by atoms with Crippen LogP contribution in [0.4, 0.5) is 0 Å². The normalized spacial score (nSPS) is 28.8. The van der Waals surface area contributed by atoms with Crippen LogP contribution >= 0.6 is 0 Å². The summed E-state index contributed by atoms with van der Waals surface area (Å²) >= 11 is 0. The van der Waals surface area contributed by atoms with Crippen molar-refractivity contribution in [2.75, 3.05) is 6.61 Å². The topological polar surface area (TPSA) is 20.2 Å². The summed E-state index contributed by atoms with van der Waals surface area (Å²) in [7, 11) is 0. The Morgan fingerprint density at radius 2 is 2.08 bits per heavy atom. The van der Waals surface area contributed by atoms with Crippen LogP contribution in [0.15, 0.2) is 0 Å². The van der Waals surface area contributed by atoms with Crippen LogP contribution in [0.1, 0.15) is 52.4 Å². The molecule has 0 aliphatic heterocycles. The van der Waals surface area contributed by atoms with Gasteiger partial charge in [-0.2, -0.15) is 0 Å². The van der Waals surface area contributed by atoms with Gasteiger partial charge in [0.2, 0.25) is 0 Å². The zero-order valence-corrected chi connectivity index (χ0v) is 8.47. The molecule has 1 nitrogen and oxygen atoms in total. The van der Waals surface area contributed by atoms with E-state index >= 15 is 0 Å². The Hall–Kier alpha value is -0.0400. The van der Waals surface area contributed by atoms with Crippen LogP contribution in [0.2, 0.25) is 0 Å². The molecule has 1 fully saturated rings. The maximum atomic E-state index is 8.77. The van der Waals surface area contributed by atoms with Gasteiger partial charge in [-0.1, -0.05) is 26.7 Å². The molecule has 12 heavy (non-hydrogen) atoms. The van der Waals surface area contributed by atoms with E-state index in [1.54, 1.807) is 0 Å². The van der Waals surface area contributed by atoms with E-state index in [0.717, 1.165) is 12.3 Å². The van der Waals surface area contributed by atoms with E-state index in [2.05, 4.69) is 13.8 Å². The van der Waals surface area contributed by atoms with Crippen LogP contribution in [0.3, 0.4) is 0 Å². The van der Waals surface area contributed by atoms with Crippen molar-refractivity contribution in [3.8, 4) is 0 Å². The third-order valence-corrected chi connectivity index (χ3v) is 3.44. The first-order valence-corrected chi connectivity index (χ1v) is 5.27. The van der Waals surface area contributed by atoms with Gasteiger partial charge in [-0.25, -0.2) is 0 Å². The average molecular weight is 170 g/mol.